The second-order valence-corrected chi connectivity index (χ2v) is 7.08. The standard InChI is InChI=1S/C20H22FN3O2/c21-16-6-3-14(4-7-16)15-5-8-17(22)18(11-15)23-19(25)24-12-20(13-24)9-1-2-10-26-20/h3-8,11H,1-2,9-10,12-13,22H2,(H,23,25). The van der Waals surface area contributed by atoms with E-state index >= 15 is 0 Å². The molecule has 2 heterocycles. The van der Waals surface area contributed by atoms with Crippen LogP contribution in [0.25, 0.3) is 11.1 Å². The molecule has 0 atom stereocenters. The zero-order chi connectivity index (χ0) is 18.1. The Kier molecular flexibility index (Phi) is 4.28. The topological polar surface area (TPSA) is 67.6 Å². The Labute approximate surface area is 151 Å². The van der Waals surface area contributed by atoms with Gasteiger partial charge in [-0.2, -0.15) is 0 Å². The average molecular weight is 355 g/mol. The summed E-state index contributed by atoms with van der Waals surface area (Å²) >= 11 is 0. The fraction of sp³-hybridized carbons (Fsp3) is 0.350. The summed E-state index contributed by atoms with van der Waals surface area (Å²) in [6.45, 7) is 2.02. The maximum atomic E-state index is 13.1. The second kappa shape index (κ2) is 6.61. The van der Waals surface area contributed by atoms with Gasteiger partial charge in [0.05, 0.1) is 24.5 Å². The number of likely N-dealkylation sites (tertiary alicyclic amines) is 1. The summed E-state index contributed by atoms with van der Waals surface area (Å²) in [7, 11) is 0. The van der Waals surface area contributed by atoms with Crippen LogP contribution in [0.5, 0.6) is 0 Å². The van der Waals surface area contributed by atoms with Gasteiger partial charge in [0, 0.05) is 6.61 Å². The second-order valence-electron chi connectivity index (χ2n) is 7.08. The highest BCUT2D eigenvalue weighted by Crippen LogP contribution is 2.35. The van der Waals surface area contributed by atoms with Gasteiger partial charge in [-0.25, -0.2) is 9.18 Å². The first-order valence-electron chi connectivity index (χ1n) is 8.90. The number of nitrogens with two attached hydrogens (primary N) is 1. The summed E-state index contributed by atoms with van der Waals surface area (Å²) in [5.41, 5.74) is 8.66. The number of hydrogen-bond acceptors (Lipinski definition) is 3. The number of nitrogens with zero attached hydrogens (tertiary/aromatic N) is 1. The van der Waals surface area contributed by atoms with E-state index in [1.165, 1.54) is 12.1 Å². The summed E-state index contributed by atoms with van der Waals surface area (Å²) in [4.78, 5) is 14.3. The van der Waals surface area contributed by atoms with Gasteiger partial charge in [0.25, 0.3) is 0 Å². The molecule has 0 bridgehead atoms. The van der Waals surface area contributed by atoms with Crippen molar-refractivity contribution in [3.63, 3.8) is 0 Å². The number of carbonyl (C=O) groups excluding carboxylic acids is 1. The number of nitrogens with one attached hydrogen (secondary N) is 1. The number of carbonyl (C=O) groups is 1. The van der Waals surface area contributed by atoms with Crippen LogP contribution in [0.1, 0.15) is 19.3 Å². The summed E-state index contributed by atoms with van der Waals surface area (Å²) < 4.78 is 19.0. The Bertz CT molecular complexity index is 808. The highest BCUT2D eigenvalue weighted by molar-refractivity contribution is 5.94. The zero-order valence-electron chi connectivity index (χ0n) is 14.5. The molecule has 0 radical (unpaired) electrons. The van der Waals surface area contributed by atoms with E-state index < -0.39 is 0 Å². The number of rotatable bonds is 2. The van der Waals surface area contributed by atoms with E-state index in [0.717, 1.165) is 37.0 Å². The van der Waals surface area contributed by atoms with E-state index in [-0.39, 0.29) is 17.4 Å². The van der Waals surface area contributed by atoms with Crippen LogP contribution in [-0.2, 0) is 4.74 Å². The summed E-state index contributed by atoms with van der Waals surface area (Å²) in [5.74, 6) is -0.283. The van der Waals surface area contributed by atoms with Gasteiger partial charge in [0.2, 0.25) is 0 Å². The highest BCUT2D eigenvalue weighted by Gasteiger charge is 2.47. The maximum Gasteiger partial charge on any atom is 0.322 e. The number of benzene rings is 2. The van der Waals surface area contributed by atoms with Crippen molar-refractivity contribution in [1.82, 2.24) is 4.90 Å². The molecule has 6 heteroatoms. The van der Waals surface area contributed by atoms with Crippen molar-refractivity contribution in [2.45, 2.75) is 24.9 Å². The number of hydrogen-bond donors (Lipinski definition) is 2. The van der Waals surface area contributed by atoms with Crippen molar-refractivity contribution in [2.24, 2.45) is 0 Å². The smallest absolute Gasteiger partial charge is 0.322 e. The van der Waals surface area contributed by atoms with E-state index in [2.05, 4.69) is 5.32 Å². The molecule has 2 amide bonds. The zero-order valence-corrected chi connectivity index (χ0v) is 14.5. The highest BCUT2D eigenvalue weighted by atomic mass is 19.1. The molecule has 1 spiro atoms. The number of nitrogen functional groups attached to an aromatic ring is 1. The lowest BCUT2D eigenvalue weighted by Crippen LogP contribution is -2.66. The molecule has 0 aromatic heterocycles. The first-order chi connectivity index (χ1) is 12.5. The number of ether oxygens (including phenoxy) is 1. The molecular formula is C20H22FN3O2. The molecule has 2 saturated heterocycles. The lowest BCUT2D eigenvalue weighted by atomic mass is 9.86. The lowest BCUT2D eigenvalue weighted by Gasteiger charge is -2.51. The minimum Gasteiger partial charge on any atom is -0.397 e. The normalized spacial score (nSPS) is 18.4. The molecule has 3 N–H and O–H groups in total. The largest absolute Gasteiger partial charge is 0.397 e. The first kappa shape index (κ1) is 16.8. The molecule has 4 rings (SSSR count). The average Bonchev–Trinajstić information content (AvgIpc) is 2.63. The molecule has 26 heavy (non-hydrogen) atoms. The van der Waals surface area contributed by atoms with Crippen LogP contribution in [0.2, 0.25) is 0 Å². The van der Waals surface area contributed by atoms with Gasteiger partial charge in [0.1, 0.15) is 11.4 Å². The van der Waals surface area contributed by atoms with Crippen LogP contribution >= 0.6 is 0 Å². The van der Waals surface area contributed by atoms with E-state index in [4.69, 9.17) is 10.5 Å². The molecule has 5 nitrogen and oxygen atoms in total. The number of amides is 2. The van der Waals surface area contributed by atoms with Gasteiger partial charge in [0.15, 0.2) is 0 Å². The third kappa shape index (κ3) is 3.24. The molecule has 0 aliphatic carbocycles. The SMILES string of the molecule is Nc1ccc(-c2ccc(F)cc2)cc1NC(=O)N1CC2(CCCCO2)C1. The van der Waals surface area contributed by atoms with Crippen LogP contribution in [0.15, 0.2) is 42.5 Å². The minimum atomic E-state index is -0.283. The van der Waals surface area contributed by atoms with Crippen LogP contribution in [-0.4, -0.2) is 36.2 Å². The monoisotopic (exact) mass is 355 g/mol. The predicted molar refractivity (Wildman–Crippen MR) is 99.4 cm³/mol. The third-order valence-corrected chi connectivity index (χ3v) is 5.15. The van der Waals surface area contributed by atoms with Gasteiger partial charge < -0.3 is 20.7 Å². The van der Waals surface area contributed by atoms with Gasteiger partial charge >= 0.3 is 6.03 Å². The fourth-order valence-electron chi connectivity index (χ4n) is 3.63. The van der Waals surface area contributed by atoms with Crippen LogP contribution in [0, 0.1) is 5.82 Å². The summed E-state index contributed by atoms with van der Waals surface area (Å²) in [5, 5.41) is 2.89. The predicted octanol–water partition coefficient (Wildman–Crippen LogP) is 3.86. The van der Waals surface area contributed by atoms with Gasteiger partial charge in [-0.1, -0.05) is 18.2 Å². The third-order valence-electron chi connectivity index (χ3n) is 5.15. The van der Waals surface area contributed by atoms with Crippen molar-refractivity contribution in [2.75, 3.05) is 30.7 Å². The molecule has 0 saturated carbocycles. The number of halogens is 1. The fourth-order valence-corrected chi connectivity index (χ4v) is 3.63. The van der Waals surface area contributed by atoms with E-state index in [1.807, 2.05) is 12.1 Å². The molecule has 2 aromatic carbocycles. The van der Waals surface area contributed by atoms with Crippen molar-refractivity contribution in [3.8, 4) is 11.1 Å². The van der Waals surface area contributed by atoms with Crippen molar-refractivity contribution in [3.05, 3.63) is 48.3 Å². The Morgan fingerprint density at radius 2 is 1.85 bits per heavy atom. The molecule has 2 aliphatic heterocycles. The Morgan fingerprint density at radius 1 is 1.12 bits per heavy atom. The molecule has 136 valence electrons. The Hall–Kier alpha value is -2.60. The van der Waals surface area contributed by atoms with Crippen molar-refractivity contribution in [1.29, 1.82) is 0 Å². The van der Waals surface area contributed by atoms with Gasteiger partial charge in [-0.15, -0.1) is 0 Å². The van der Waals surface area contributed by atoms with E-state index in [1.54, 1.807) is 23.1 Å². The number of anilines is 2. The van der Waals surface area contributed by atoms with Gasteiger partial charge in [-0.3, -0.25) is 0 Å². The van der Waals surface area contributed by atoms with Crippen molar-refractivity contribution >= 4 is 17.4 Å². The first-order valence-corrected chi connectivity index (χ1v) is 8.90. The molecule has 2 aromatic rings. The maximum absolute atomic E-state index is 13.1. The lowest BCUT2D eigenvalue weighted by molar-refractivity contribution is -0.149. The van der Waals surface area contributed by atoms with Crippen LogP contribution in [0.4, 0.5) is 20.6 Å². The molecule has 0 unspecified atom stereocenters. The summed E-state index contributed by atoms with van der Waals surface area (Å²) in [6, 6.07) is 11.5. The van der Waals surface area contributed by atoms with E-state index in [9.17, 15) is 9.18 Å². The number of urea groups is 1. The van der Waals surface area contributed by atoms with Crippen LogP contribution in [0.3, 0.4) is 0 Å². The summed E-state index contributed by atoms with van der Waals surface area (Å²) in [6.07, 6.45) is 3.27. The minimum absolute atomic E-state index is 0.142. The van der Waals surface area contributed by atoms with Crippen molar-refractivity contribution < 1.29 is 13.9 Å². The Balaban J connectivity index is 1.45. The molecule has 2 aliphatic rings. The Morgan fingerprint density at radius 3 is 2.54 bits per heavy atom. The molecular weight excluding hydrogens is 333 g/mol. The van der Waals surface area contributed by atoms with Gasteiger partial charge in [-0.05, 0) is 54.7 Å². The molecule has 2 fully saturated rings. The quantitative estimate of drug-likeness (QED) is 0.804. The van der Waals surface area contributed by atoms with E-state index in [0.29, 0.717) is 24.5 Å². The van der Waals surface area contributed by atoms with Crippen LogP contribution < -0.4 is 11.1 Å².